The van der Waals surface area contributed by atoms with Gasteiger partial charge in [-0.3, -0.25) is 19.3 Å². The van der Waals surface area contributed by atoms with Crippen molar-refractivity contribution in [2.75, 3.05) is 12.4 Å². The minimum Gasteiger partial charge on any atom is -0.465 e. The predicted molar refractivity (Wildman–Crippen MR) is 140 cm³/mol. The zero-order chi connectivity index (χ0) is 26.1. The summed E-state index contributed by atoms with van der Waals surface area (Å²) in [6.45, 7) is 5.53. The number of methoxy groups -OCH3 is 1. The highest BCUT2D eigenvalue weighted by atomic mass is 35.5. The van der Waals surface area contributed by atoms with Crippen LogP contribution in [0.5, 0.6) is 0 Å². The Kier molecular flexibility index (Phi) is 7.28. The topological polar surface area (TPSA) is 92.8 Å². The molecule has 0 radical (unpaired) electrons. The third-order valence-electron chi connectivity index (χ3n) is 6.38. The number of aryl methyl sites for hydroxylation is 1. The predicted octanol–water partition coefficient (Wildman–Crippen LogP) is 5.81. The highest BCUT2D eigenvalue weighted by Crippen LogP contribution is 2.41. The Balaban J connectivity index is 1.75. The number of nitrogens with one attached hydrogen (secondary N) is 1. The molecule has 0 saturated heterocycles. The number of carbonyl (C=O) groups excluding carboxylic acids is 4. The van der Waals surface area contributed by atoms with E-state index in [2.05, 4.69) is 5.32 Å². The van der Waals surface area contributed by atoms with E-state index in [9.17, 15) is 19.2 Å². The van der Waals surface area contributed by atoms with Crippen molar-refractivity contribution in [1.82, 2.24) is 4.90 Å². The summed E-state index contributed by atoms with van der Waals surface area (Å²) in [4.78, 5) is 54.7. The highest BCUT2D eigenvalue weighted by molar-refractivity contribution is 7.17. The lowest BCUT2D eigenvalue weighted by Gasteiger charge is -2.29. The van der Waals surface area contributed by atoms with Crippen molar-refractivity contribution in [3.05, 3.63) is 75.1 Å². The lowest BCUT2D eigenvalue weighted by molar-refractivity contribution is -0.121. The van der Waals surface area contributed by atoms with Crippen LogP contribution in [0.1, 0.15) is 56.2 Å². The number of thiophene rings is 1. The van der Waals surface area contributed by atoms with Gasteiger partial charge in [-0.25, -0.2) is 4.79 Å². The normalized spacial score (nSPS) is 14.4. The smallest absolute Gasteiger partial charge is 0.341 e. The van der Waals surface area contributed by atoms with E-state index in [0.717, 1.165) is 9.78 Å². The number of nitrogens with zero attached hydrogens (tertiary/aromatic N) is 1. The average Bonchev–Trinajstić information content (AvgIpc) is 3.32. The van der Waals surface area contributed by atoms with E-state index in [-0.39, 0.29) is 27.6 Å². The van der Waals surface area contributed by atoms with Crippen LogP contribution in [0, 0.1) is 12.8 Å². The van der Waals surface area contributed by atoms with Crippen molar-refractivity contribution in [2.24, 2.45) is 5.92 Å². The van der Waals surface area contributed by atoms with E-state index in [1.165, 1.54) is 18.4 Å². The van der Waals surface area contributed by atoms with Crippen LogP contribution in [-0.4, -0.2) is 41.7 Å². The van der Waals surface area contributed by atoms with Gasteiger partial charge in [0.25, 0.3) is 11.8 Å². The Bertz CT molecular complexity index is 1350. The molecule has 0 saturated carbocycles. The summed E-state index contributed by atoms with van der Waals surface area (Å²) in [7, 11) is 1.27. The first-order chi connectivity index (χ1) is 17.2. The summed E-state index contributed by atoms with van der Waals surface area (Å²) in [6.07, 6.45) is 0.548. The molecular weight excluding hydrogens is 500 g/mol. The molecule has 1 N–H and O–H groups in total. The molecule has 2 unspecified atom stereocenters. The maximum absolute atomic E-state index is 13.7. The quantitative estimate of drug-likeness (QED) is 0.311. The minimum atomic E-state index is -1.06. The lowest BCUT2D eigenvalue weighted by Crippen LogP contribution is -2.50. The monoisotopic (exact) mass is 524 g/mol. The second-order valence-electron chi connectivity index (χ2n) is 8.58. The third kappa shape index (κ3) is 4.42. The fourth-order valence-electron chi connectivity index (χ4n) is 4.42. The molecule has 9 heteroatoms. The molecule has 1 aromatic heterocycles. The first-order valence-corrected chi connectivity index (χ1v) is 12.6. The Labute approximate surface area is 218 Å². The van der Waals surface area contributed by atoms with Crippen LogP contribution in [0.15, 0.2) is 48.5 Å². The number of hydrogen-bond acceptors (Lipinski definition) is 6. The van der Waals surface area contributed by atoms with Gasteiger partial charge in [0, 0.05) is 15.5 Å². The Morgan fingerprint density at radius 1 is 1.08 bits per heavy atom. The van der Waals surface area contributed by atoms with Gasteiger partial charge in [0.1, 0.15) is 16.6 Å². The van der Waals surface area contributed by atoms with Crippen molar-refractivity contribution >= 4 is 51.6 Å². The Morgan fingerprint density at radius 3 is 2.28 bits per heavy atom. The molecule has 4 rings (SSSR count). The summed E-state index contributed by atoms with van der Waals surface area (Å²) in [5.41, 5.74) is 2.05. The number of benzene rings is 2. The highest BCUT2D eigenvalue weighted by Gasteiger charge is 2.45. The maximum atomic E-state index is 13.7. The van der Waals surface area contributed by atoms with Gasteiger partial charge in [-0.05, 0) is 42.7 Å². The van der Waals surface area contributed by atoms with Gasteiger partial charge in [-0.2, -0.15) is 0 Å². The van der Waals surface area contributed by atoms with E-state index >= 15 is 0 Å². The number of ether oxygens (including phenoxy) is 1. The number of halogens is 1. The Hall–Kier alpha value is -3.49. The number of carbonyl (C=O) groups is 4. The second kappa shape index (κ2) is 10.2. The van der Waals surface area contributed by atoms with Crippen molar-refractivity contribution in [3.63, 3.8) is 0 Å². The molecule has 2 atom stereocenters. The molecule has 7 nitrogen and oxygen atoms in total. The number of amides is 3. The molecule has 0 aliphatic carbocycles. The van der Waals surface area contributed by atoms with E-state index in [4.69, 9.17) is 16.3 Å². The first-order valence-electron chi connectivity index (χ1n) is 11.4. The molecule has 3 aromatic rings. The van der Waals surface area contributed by atoms with Gasteiger partial charge < -0.3 is 10.1 Å². The van der Waals surface area contributed by atoms with Gasteiger partial charge in [-0.1, -0.05) is 56.1 Å². The average molecular weight is 525 g/mol. The number of imide groups is 1. The van der Waals surface area contributed by atoms with Crippen LogP contribution in [0.2, 0.25) is 5.02 Å². The van der Waals surface area contributed by atoms with Crippen LogP contribution in [0.25, 0.3) is 11.1 Å². The van der Waals surface area contributed by atoms with E-state index < -0.39 is 29.7 Å². The fourth-order valence-corrected chi connectivity index (χ4v) is 5.68. The first kappa shape index (κ1) is 25.6. The van der Waals surface area contributed by atoms with Crippen LogP contribution in [0.3, 0.4) is 0 Å². The van der Waals surface area contributed by atoms with E-state index in [0.29, 0.717) is 22.6 Å². The van der Waals surface area contributed by atoms with Crippen LogP contribution < -0.4 is 5.32 Å². The molecule has 0 spiro atoms. The molecule has 1 aliphatic rings. The Morgan fingerprint density at radius 2 is 1.72 bits per heavy atom. The van der Waals surface area contributed by atoms with Crippen molar-refractivity contribution in [1.29, 1.82) is 0 Å². The summed E-state index contributed by atoms with van der Waals surface area (Å²) < 4.78 is 5.03. The number of hydrogen-bond donors (Lipinski definition) is 1. The zero-order valence-electron chi connectivity index (χ0n) is 20.3. The van der Waals surface area contributed by atoms with Crippen molar-refractivity contribution < 1.29 is 23.9 Å². The lowest BCUT2D eigenvalue weighted by atomic mass is 9.96. The molecular formula is C27H25ClN2O5S. The third-order valence-corrected chi connectivity index (χ3v) is 7.63. The summed E-state index contributed by atoms with van der Waals surface area (Å²) >= 11 is 7.40. The van der Waals surface area contributed by atoms with Gasteiger partial charge in [0.05, 0.1) is 18.2 Å². The van der Waals surface area contributed by atoms with Crippen LogP contribution >= 0.6 is 22.9 Å². The van der Waals surface area contributed by atoms with E-state index in [1.807, 2.05) is 26.8 Å². The summed E-state index contributed by atoms with van der Waals surface area (Å²) in [5, 5.41) is 3.61. The molecule has 0 fully saturated rings. The van der Waals surface area contributed by atoms with Gasteiger partial charge in [0.2, 0.25) is 5.91 Å². The molecule has 0 bridgehead atoms. The summed E-state index contributed by atoms with van der Waals surface area (Å²) in [5.74, 6) is -2.52. The van der Waals surface area contributed by atoms with Crippen molar-refractivity contribution in [2.45, 2.75) is 33.2 Å². The molecule has 2 heterocycles. The summed E-state index contributed by atoms with van der Waals surface area (Å²) in [6, 6.07) is 12.5. The standard InChI is InChI=1S/C27H25ClN2O5S/c1-5-14(2)22(30-25(32)18-11-6-7-12-19(18)26(30)33)23(31)29-24-21(27(34)35-4)20(15(3)36-24)16-9-8-10-17(28)13-16/h6-14,22H,5H2,1-4H3,(H,29,31). The van der Waals surface area contributed by atoms with Gasteiger partial charge in [-0.15, -0.1) is 11.3 Å². The largest absolute Gasteiger partial charge is 0.465 e. The molecule has 2 aromatic carbocycles. The van der Waals surface area contributed by atoms with Gasteiger partial charge in [0.15, 0.2) is 0 Å². The fraction of sp³-hybridized carbons (Fsp3) is 0.259. The minimum absolute atomic E-state index is 0.195. The van der Waals surface area contributed by atoms with Crippen LogP contribution in [0.4, 0.5) is 5.00 Å². The molecule has 36 heavy (non-hydrogen) atoms. The molecule has 1 aliphatic heterocycles. The number of rotatable bonds is 7. The van der Waals surface area contributed by atoms with Crippen molar-refractivity contribution in [3.8, 4) is 11.1 Å². The second-order valence-corrected chi connectivity index (χ2v) is 10.2. The maximum Gasteiger partial charge on any atom is 0.341 e. The zero-order valence-corrected chi connectivity index (χ0v) is 21.8. The molecule has 186 valence electrons. The van der Waals surface area contributed by atoms with Crippen LogP contribution in [-0.2, 0) is 9.53 Å². The number of esters is 1. The SMILES string of the molecule is CCC(C)C(C(=O)Nc1sc(C)c(-c2cccc(Cl)c2)c1C(=O)OC)N1C(=O)c2ccccc2C1=O. The van der Waals surface area contributed by atoms with E-state index in [1.54, 1.807) is 42.5 Å². The molecule has 3 amide bonds. The number of fused-ring (bicyclic) bond motifs is 1. The van der Waals surface area contributed by atoms with Gasteiger partial charge >= 0.3 is 5.97 Å². The number of anilines is 1.